The fourth-order valence-electron chi connectivity index (χ4n) is 3.15. The minimum absolute atomic E-state index is 0.00532. The molecule has 0 aliphatic carbocycles. The van der Waals surface area contributed by atoms with Crippen LogP contribution in [0.3, 0.4) is 0 Å². The van der Waals surface area contributed by atoms with Crippen LogP contribution in [-0.4, -0.2) is 10.8 Å². The number of anilines is 1. The first kappa shape index (κ1) is 17.0. The summed E-state index contributed by atoms with van der Waals surface area (Å²) in [5, 5.41) is 4.83. The first-order valence-electron chi connectivity index (χ1n) is 8.28. The van der Waals surface area contributed by atoms with Crippen molar-refractivity contribution in [1.29, 1.82) is 0 Å². The summed E-state index contributed by atoms with van der Waals surface area (Å²) in [5.74, 6) is -0.00532. The van der Waals surface area contributed by atoms with Gasteiger partial charge in [0.25, 0.3) is 5.91 Å². The van der Waals surface area contributed by atoms with Gasteiger partial charge < -0.3 is 10.2 Å². The van der Waals surface area contributed by atoms with Gasteiger partial charge >= 0.3 is 0 Å². The monoisotopic (exact) mass is 382 g/mol. The van der Waals surface area contributed by atoms with Crippen LogP contribution in [0.2, 0.25) is 10.0 Å². The van der Waals surface area contributed by atoms with E-state index in [9.17, 15) is 4.79 Å². The number of carbonyl (C=O) groups is 1. The lowest BCUT2D eigenvalue weighted by atomic mass is 10.0. The molecule has 4 rings (SSSR count). The Hall–Kier alpha value is -2.49. The Morgan fingerprint density at radius 1 is 0.846 bits per heavy atom. The van der Waals surface area contributed by atoms with Gasteiger partial charge in [-0.1, -0.05) is 59.6 Å². The Morgan fingerprint density at radius 2 is 1.46 bits per heavy atom. The smallest absolute Gasteiger partial charge is 0.258 e. The molecule has 1 aliphatic heterocycles. The van der Waals surface area contributed by atoms with E-state index < -0.39 is 0 Å². The Balaban J connectivity index is 1.74. The summed E-state index contributed by atoms with van der Waals surface area (Å²) >= 11 is 12.0. The normalized spacial score (nSPS) is 16.2. The van der Waals surface area contributed by atoms with Crippen molar-refractivity contribution in [1.82, 2.24) is 4.90 Å². The summed E-state index contributed by atoms with van der Waals surface area (Å²) in [4.78, 5) is 15.0. The van der Waals surface area contributed by atoms with Crippen LogP contribution in [0.4, 0.5) is 5.69 Å². The molecule has 130 valence electrons. The minimum Gasteiger partial charge on any atom is -0.361 e. The van der Waals surface area contributed by atoms with Gasteiger partial charge in [0.1, 0.15) is 6.17 Å². The number of nitrogens with zero attached hydrogens (tertiary/aromatic N) is 1. The maximum atomic E-state index is 13.2. The molecule has 3 aromatic rings. The van der Waals surface area contributed by atoms with Gasteiger partial charge in [0.15, 0.2) is 0 Å². The number of benzene rings is 3. The lowest BCUT2D eigenvalue weighted by Gasteiger charge is -2.38. The van der Waals surface area contributed by atoms with Crippen molar-refractivity contribution in [2.24, 2.45) is 0 Å². The van der Waals surface area contributed by atoms with Crippen molar-refractivity contribution in [2.75, 3.05) is 5.32 Å². The molecule has 1 heterocycles. The molecule has 0 fully saturated rings. The van der Waals surface area contributed by atoms with Crippen LogP contribution < -0.4 is 5.32 Å². The maximum Gasteiger partial charge on any atom is 0.258 e. The van der Waals surface area contributed by atoms with Gasteiger partial charge in [0.2, 0.25) is 0 Å². The van der Waals surface area contributed by atoms with Crippen LogP contribution in [0, 0.1) is 0 Å². The van der Waals surface area contributed by atoms with E-state index in [4.69, 9.17) is 23.2 Å². The lowest BCUT2D eigenvalue weighted by molar-refractivity contribution is 0.0666. The van der Waals surface area contributed by atoms with Crippen molar-refractivity contribution >= 4 is 34.8 Å². The van der Waals surface area contributed by atoms with E-state index in [1.807, 2.05) is 77.7 Å². The maximum absolute atomic E-state index is 13.2. The van der Waals surface area contributed by atoms with E-state index in [-0.39, 0.29) is 12.1 Å². The van der Waals surface area contributed by atoms with Crippen LogP contribution in [-0.2, 0) is 6.54 Å². The second kappa shape index (κ2) is 7.02. The standard InChI is InChI=1S/C21H16Cl2N2O/c22-16-9-5-14(6-10-16)13-25-20(15-7-11-17(23)12-8-15)24-19-4-2-1-3-18(19)21(25)26/h1-12,20,24H,13H2/t20-/m1/s1. The number of rotatable bonds is 3. The number of carbonyl (C=O) groups excluding carboxylic acids is 1. The third-order valence-corrected chi connectivity index (χ3v) is 4.98. The molecule has 0 saturated heterocycles. The van der Waals surface area contributed by atoms with Crippen LogP contribution in [0.15, 0.2) is 72.8 Å². The molecule has 1 atom stereocenters. The number of halogens is 2. The number of hydrogen-bond acceptors (Lipinski definition) is 2. The SMILES string of the molecule is O=C1c2ccccc2N[C@@H](c2ccc(Cl)cc2)N1Cc1ccc(Cl)cc1. The van der Waals surface area contributed by atoms with Gasteiger partial charge in [-0.15, -0.1) is 0 Å². The second-order valence-electron chi connectivity index (χ2n) is 6.20. The van der Waals surface area contributed by atoms with E-state index >= 15 is 0 Å². The van der Waals surface area contributed by atoms with Gasteiger partial charge in [-0.25, -0.2) is 0 Å². The van der Waals surface area contributed by atoms with E-state index in [2.05, 4.69) is 5.32 Å². The predicted molar refractivity (Wildman–Crippen MR) is 106 cm³/mol. The average molecular weight is 383 g/mol. The topological polar surface area (TPSA) is 32.3 Å². The van der Waals surface area contributed by atoms with Gasteiger partial charge in [0, 0.05) is 22.3 Å². The molecule has 0 spiro atoms. The van der Waals surface area contributed by atoms with E-state index in [1.54, 1.807) is 0 Å². The van der Waals surface area contributed by atoms with Crippen molar-refractivity contribution < 1.29 is 4.79 Å². The highest BCUT2D eigenvalue weighted by atomic mass is 35.5. The fourth-order valence-corrected chi connectivity index (χ4v) is 3.40. The summed E-state index contributed by atoms with van der Waals surface area (Å²) < 4.78 is 0. The van der Waals surface area contributed by atoms with Crippen LogP contribution in [0.5, 0.6) is 0 Å². The molecule has 0 radical (unpaired) electrons. The summed E-state index contributed by atoms with van der Waals surface area (Å²) in [5.41, 5.74) is 3.51. The zero-order valence-corrected chi connectivity index (χ0v) is 15.3. The predicted octanol–water partition coefficient (Wildman–Crippen LogP) is 5.76. The van der Waals surface area contributed by atoms with Crippen molar-refractivity contribution in [3.63, 3.8) is 0 Å². The quantitative estimate of drug-likeness (QED) is 0.624. The Morgan fingerprint density at radius 3 is 2.15 bits per heavy atom. The third-order valence-electron chi connectivity index (χ3n) is 4.47. The third kappa shape index (κ3) is 3.28. The average Bonchev–Trinajstić information content (AvgIpc) is 2.66. The number of fused-ring (bicyclic) bond motifs is 1. The highest BCUT2D eigenvalue weighted by Crippen LogP contribution is 2.34. The zero-order chi connectivity index (χ0) is 18.1. The fraction of sp³-hybridized carbons (Fsp3) is 0.0952. The van der Waals surface area contributed by atoms with Crippen LogP contribution >= 0.6 is 23.2 Å². The first-order valence-corrected chi connectivity index (χ1v) is 9.04. The van der Waals surface area contributed by atoms with Gasteiger partial charge in [0.05, 0.1) is 5.56 Å². The summed E-state index contributed by atoms with van der Waals surface area (Å²) in [7, 11) is 0. The number of hydrogen-bond donors (Lipinski definition) is 1. The summed E-state index contributed by atoms with van der Waals surface area (Å²) in [6.07, 6.45) is -0.273. The molecule has 0 saturated carbocycles. The molecule has 0 unspecified atom stereocenters. The number of nitrogens with one attached hydrogen (secondary N) is 1. The molecule has 0 bridgehead atoms. The molecule has 1 amide bonds. The molecular weight excluding hydrogens is 367 g/mol. The van der Waals surface area contributed by atoms with Crippen LogP contribution in [0.25, 0.3) is 0 Å². The largest absolute Gasteiger partial charge is 0.361 e. The van der Waals surface area contributed by atoms with E-state index in [0.29, 0.717) is 22.2 Å². The highest BCUT2D eigenvalue weighted by molar-refractivity contribution is 6.30. The molecule has 5 heteroatoms. The Bertz CT molecular complexity index is 939. The lowest BCUT2D eigenvalue weighted by Crippen LogP contribution is -2.42. The van der Waals surface area contributed by atoms with E-state index in [1.165, 1.54) is 0 Å². The molecule has 1 N–H and O–H groups in total. The number of para-hydroxylation sites is 1. The van der Waals surface area contributed by atoms with Gasteiger partial charge in [-0.05, 0) is 47.5 Å². The van der Waals surface area contributed by atoms with Crippen molar-refractivity contribution in [2.45, 2.75) is 12.7 Å². The minimum atomic E-state index is -0.273. The van der Waals surface area contributed by atoms with Crippen molar-refractivity contribution in [3.05, 3.63) is 99.5 Å². The summed E-state index contributed by atoms with van der Waals surface area (Å²) in [6, 6.07) is 22.7. The molecular formula is C21H16Cl2N2O. The second-order valence-corrected chi connectivity index (χ2v) is 7.08. The Labute approximate surface area is 162 Å². The molecule has 1 aliphatic rings. The van der Waals surface area contributed by atoms with Crippen molar-refractivity contribution in [3.8, 4) is 0 Å². The zero-order valence-electron chi connectivity index (χ0n) is 13.8. The molecule has 3 nitrogen and oxygen atoms in total. The molecule has 3 aromatic carbocycles. The van der Waals surface area contributed by atoms with E-state index in [0.717, 1.165) is 16.8 Å². The highest BCUT2D eigenvalue weighted by Gasteiger charge is 2.32. The van der Waals surface area contributed by atoms with Gasteiger partial charge in [-0.2, -0.15) is 0 Å². The molecule has 26 heavy (non-hydrogen) atoms. The number of amides is 1. The van der Waals surface area contributed by atoms with Crippen LogP contribution in [0.1, 0.15) is 27.7 Å². The molecule has 0 aromatic heterocycles. The first-order chi connectivity index (χ1) is 12.6. The summed E-state index contributed by atoms with van der Waals surface area (Å²) in [6.45, 7) is 0.477. The Kier molecular flexibility index (Phi) is 4.58. The van der Waals surface area contributed by atoms with Gasteiger partial charge in [-0.3, -0.25) is 4.79 Å².